The van der Waals surface area contributed by atoms with E-state index in [1.54, 1.807) is 0 Å². The Morgan fingerprint density at radius 2 is 1.80 bits per heavy atom. The number of hydrogen-bond donors (Lipinski definition) is 1. The van der Waals surface area contributed by atoms with Crippen LogP contribution in [0.25, 0.3) is 0 Å². The summed E-state index contributed by atoms with van der Waals surface area (Å²) >= 11 is 0. The van der Waals surface area contributed by atoms with Crippen molar-refractivity contribution in [3.05, 3.63) is 11.8 Å². The fraction of sp³-hybridized carbons (Fsp3) is 0.800. The van der Waals surface area contributed by atoms with Gasteiger partial charge >= 0.3 is 5.97 Å². The molecular formula is C15H24N2O3. The summed E-state index contributed by atoms with van der Waals surface area (Å²) in [5.74, 6) is 1.13. The van der Waals surface area contributed by atoms with E-state index in [2.05, 4.69) is 10.2 Å². The summed E-state index contributed by atoms with van der Waals surface area (Å²) in [5, 5.41) is 16.9. The van der Waals surface area contributed by atoms with E-state index < -0.39 is 5.97 Å². The van der Waals surface area contributed by atoms with Crippen molar-refractivity contribution in [2.45, 2.75) is 76.5 Å². The zero-order chi connectivity index (χ0) is 14.2. The molecule has 1 saturated carbocycles. The molecule has 1 heterocycles. The van der Waals surface area contributed by atoms with Crippen LogP contribution in [0.1, 0.15) is 81.9 Å². The highest BCUT2D eigenvalue weighted by Gasteiger charge is 2.19. The fourth-order valence-corrected chi connectivity index (χ4v) is 2.79. The van der Waals surface area contributed by atoms with Gasteiger partial charge in [-0.25, -0.2) is 0 Å². The Kier molecular flexibility index (Phi) is 6.02. The first-order valence-electron chi connectivity index (χ1n) is 7.80. The van der Waals surface area contributed by atoms with E-state index in [1.807, 2.05) is 0 Å². The molecule has 1 fully saturated rings. The lowest BCUT2D eigenvalue weighted by Crippen LogP contribution is -2.02. The molecule has 1 N–H and O–H groups in total. The van der Waals surface area contributed by atoms with Crippen LogP contribution < -0.4 is 0 Å². The van der Waals surface area contributed by atoms with Gasteiger partial charge in [-0.05, 0) is 25.7 Å². The number of aliphatic carboxylic acids is 1. The summed E-state index contributed by atoms with van der Waals surface area (Å²) in [7, 11) is 0. The maximum absolute atomic E-state index is 10.4. The Bertz CT molecular complexity index is 409. The van der Waals surface area contributed by atoms with E-state index in [-0.39, 0.29) is 6.42 Å². The Morgan fingerprint density at radius 3 is 2.50 bits per heavy atom. The third kappa shape index (κ3) is 4.94. The largest absolute Gasteiger partial charge is 0.481 e. The standard InChI is InChI=1S/C15H24N2O3/c18-14(19)11-7-6-10-13-16-17-15(20-13)12-8-4-2-1-3-5-9-12/h12H,1-11H2,(H,18,19). The van der Waals surface area contributed by atoms with E-state index in [4.69, 9.17) is 9.52 Å². The molecule has 112 valence electrons. The average Bonchev–Trinajstić information content (AvgIpc) is 2.83. The van der Waals surface area contributed by atoms with Crippen LogP contribution in [0.5, 0.6) is 0 Å². The molecule has 0 saturated heterocycles. The van der Waals surface area contributed by atoms with Crippen molar-refractivity contribution in [3.8, 4) is 0 Å². The maximum atomic E-state index is 10.4. The highest BCUT2D eigenvalue weighted by Crippen LogP contribution is 2.30. The molecular weight excluding hydrogens is 256 g/mol. The SMILES string of the molecule is O=C(O)CCCCc1nnc(C2CCCCCCC2)o1. The summed E-state index contributed by atoms with van der Waals surface area (Å²) < 4.78 is 5.76. The molecule has 0 radical (unpaired) electrons. The Hall–Kier alpha value is -1.39. The van der Waals surface area contributed by atoms with Gasteiger partial charge in [-0.1, -0.05) is 32.1 Å². The lowest BCUT2D eigenvalue weighted by Gasteiger charge is -2.15. The van der Waals surface area contributed by atoms with Crippen LogP contribution in [-0.2, 0) is 11.2 Å². The highest BCUT2D eigenvalue weighted by molar-refractivity contribution is 5.66. The molecule has 1 aliphatic rings. The van der Waals surface area contributed by atoms with Crippen LogP contribution in [0, 0.1) is 0 Å². The van der Waals surface area contributed by atoms with E-state index >= 15 is 0 Å². The van der Waals surface area contributed by atoms with Gasteiger partial charge in [0.1, 0.15) is 0 Å². The van der Waals surface area contributed by atoms with Gasteiger partial charge in [-0.15, -0.1) is 10.2 Å². The van der Waals surface area contributed by atoms with Crippen LogP contribution in [0.4, 0.5) is 0 Å². The molecule has 5 heteroatoms. The predicted octanol–water partition coefficient (Wildman–Crippen LogP) is 3.69. The fourth-order valence-electron chi connectivity index (χ4n) is 2.79. The lowest BCUT2D eigenvalue weighted by atomic mass is 9.91. The molecule has 0 spiro atoms. The van der Waals surface area contributed by atoms with E-state index in [1.165, 1.54) is 32.1 Å². The topological polar surface area (TPSA) is 76.2 Å². The lowest BCUT2D eigenvalue weighted by molar-refractivity contribution is -0.137. The van der Waals surface area contributed by atoms with Crippen LogP contribution in [0.15, 0.2) is 4.42 Å². The van der Waals surface area contributed by atoms with Gasteiger partial charge in [-0.3, -0.25) is 4.79 Å². The Labute approximate surface area is 119 Å². The van der Waals surface area contributed by atoms with Gasteiger partial charge in [0.25, 0.3) is 0 Å². The van der Waals surface area contributed by atoms with Gasteiger partial charge in [0.15, 0.2) is 0 Å². The number of aromatic nitrogens is 2. The van der Waals surface area contributed by atoms with E-state index in [0.29, 0.717) is 24.7 Å². The first kappa shape index (κ1) is 15.0. The number of hydrogen-bond acceptors (Lipinski definition) is 4. The van der Waals surface area contributed by atoms with Crippen LogP contribution in [0.3, 0.4) is 0 Å². The van der Waals surface area contributed by atoms with Gasteiger partial charge in [0.2, 0.25) is 11.8 Å². The quantitative estimate of drug-likeness (QED) is 0.804. The van der Waals surface area contributed by atoms with E-state index in [9.17, 15) is 4.79 Å². The van der Waals surface area contributed by atoms with Crippen LogP contribution in [0.2, 0.25) is 0 Å². The molecule has 0 atom stereocenters. The van der Waals surface area contributed by atoms with Crippen molar-refractivity contribution in [2.24, 2.45) is 0 Å². The molecule has 0 aliphatic heterocycles. The van der Waals surface area contributed by atoms with E-state index in [0.717, 1.165) is 25.2 Å². The van der Waals surface area contributed by atoms with Gasteiger partial charge in [0.05, 0.1) is 0 Å². The van der Waals surface area contributed by atoms with Crippen molar-refractivity contribution >= 4 is 5.97 Å². The Morgan fingerprint density at radius 1 is 1.10 bits per heavy atom. The zero-order valence-electron chi connectivity index (χ0n) is 12.0. The van der Waals surface area contributed by atoms with Crippen molar-refractivity contribution in [1.82, 2.24) is 10.2 Å². The van der Waals surface area contributed by atoms with Crippen molar-refractivity contribution in [1.29, 1.82) is 0 Å². The normalized spacial score (nSPS) is 17.6. The van der Waals surface area contributed by atoms with Gasteiger partial charge in [-0.2, -0.15) is 0 Å². The minimum Gasteiger partial charge on any atom is -0.481 e. The predicted molar refractivity (Wildman–Crippen MR) is 74.5 cm³/mol. The molecule has 1 aromatic rings. The number of unbranched alkanes of at least 4 members (excludes halogenated alkanes) is 1. The third-order valence-electron chi connectivity index (χ3n) is 3.97. The molecule has 20 heavy (non-hydrogen) atoms. The summed E-state index contributed by atoms with van der Waals surface area (Å²) in [6.07, 6.45) is 11.1. The summed E-state index contributed by atoms with van der Waals surface area (Å²) in [6, 6.07) is 0. The first-order chi connectivity index (χ1) is 9.75. The molecule has 0 unspecified atom stereocenters. The van der Waals surface area contributed by atoms with Crippen LogP contribution in [-0.4, -0.2) is 21.3 Å². The first-order valence-corrected chi connectivity index (χ1v) is 7.80. The molecule has 0 aromatic carbocycles. The summed E-state index contributed by atoms with van der Waals surface area (Å²) in [5.41, 5.74) is 0. The summed E-state index contributed by atoms with van der Waals surface area (Å²) in [6.45, 7) is 0. The van der Waals surface area contributed by atoms with Crippen LogP contribution >= 0.6 is 0 Å². The minimum absolute atomic E-state index is 0.212. The molecule has 0 amide bonds. The second-order valence-electron chi connectivity index (χ2n) is 5.68. The Balaban J connectivity index is 1.79. The smallest absolute Gasteiger partial charge is 0.303 e. The van der Waals surface area contributed by atoms with Gasteiger partial charge in [0, 0.05) is 18.8 Å². The van der Waals surface area contributed by atoms with Gasteiger partial charge < -0.3 is 9.52 Å². The molecule has 0 bridgehead atoms. The second kappa shape index (κ2) is 8.02. The molecule has 5 nitrogen and oxygen atoms in total. The zero-order valence-corrected chi connectivity index (χ0v) is 12.0. The second-order valence-corrected chi connectivity index (χ2v) is 5.68. The molecule has 1 aliphatic carbocycles. The number of rotatable bonds is 6. The number of nitrogens with zero attached hydrogens (tertiary/aromatic N) is 2. The molecule has 2 rings (SSSR count). The minimum atomic E-state index is -0.745. The highest BCUT2D eigenvalue weighted by atomic mass is 16.4. The van der Waals surface area contributed by atoms with Crippen molar-refractivity contribution < 1.29 is 14.3 Å². The average molecular weight is 280 g/mol. The van der Waals surface area contributed by atoms with Crippen molar-refractivity contribution in [3.63, 3.8) is 0 Å². The van der Waals surface area contributed by atoms with Crippen molar-refractivity contribution in [2.75, 3.05) is 0 Å². The number of carboxylic acid groups (broad SMARTS) is 1. The maximum Gasteiger partial charge on any atom is 0.303 e. The summed E-state index contributed by atoms with van der Waals surface area (Å²) in [4.78, 5) is 10.4. The molecule has 1 aromatic heterocycles. The number of aryl methyl sites for hydroxylation is 1. The monoisotopic (exact) mass is 280 g/mol. The number of carboxylic acids is 1. The third-order valence-corrected chi connectivity index (χ3v) is 3.97. The number of carbonyl (C=O) groups is 1.